The lowest BCUT2D eigenvalue weighted by atomic mass is 10.1. The first kappa shape index (κ1) is 15.3. The van der Waals surface area contributed by atoms with E-state index in [0.717, 1.165) is 27.7 Å². The van der Waals surface area contributed by atoms with Gasteiger partial charge in [0.2, 0.25) is 5.91 Å². The number of rotatable bonds is 4. The van der Waals surface area contributed by atoms with E-state index < -0.39 is 0 Å². The number of nitrogens with one attached hydrogen (secondary N) is 1. The van der Waals surface area contributed by atoms with Crippen LogP contribution in [0.4, 0.5) is 4.39 Å². The first-order valence-corrected chi connectivity index (χ1v) is 7.42. The standard InChI is InChI=1S/C17H19FN4O/c1-11-14(15-6-13(18)4-5-16(15)20-11)7-17(23)21(2)9-12-8-19-22(3)10-12/h4-6,8,10,20H,7,9H2,1-3H3. The van der Waals surface area contributed by atoms with E-state index in [1.807, 2.05) is 20.2 Å². The Morgan fingerprint density at radius 1 is 1.43 bits per heavy atom. The van der Waals surface area contributed by atoms with Crippen molar-refractivity contribution in [1.29, 1.82) is 0 Å². The highest BCUT2D eigenvalue weighted by molar-refractivity contribution is 5.90. The molecule has 1 aromatic carbocycles. The zero-order chi connectivity index (χ0) is 16.6. The lowest BCUT2D eigenvalue weighted by molar-refractivity contribution is -0.129. The molecule has 0 unspecified atom stereocenters. The predicted octanol–water partition coefficient (Wildman–Crippen LogP) is 2.55. The molecule has 6 heteroatoms. The van der Waals surface area contributed by atoms with Gasteiger partial charge in [-0.15, -0.1) is 0 Å². The molecule has 2 heterocycles. The zero-order valence-electron chi connectivity index (χ0n) is 13.4. The smallest absolute Gasteiger partial charge is 0.227 e. The van der Waals surface area contributed by atoms with Crippen LogP contribution in [0.15, 0.2) is 30.6 Å². The molecule has 0 saturated carbocycles. The Balaban J connectivity index is 1.79. The number of carbonyl (C=O) groups excluding carboxylic acids is 1. The number of nitrogens with zero attached hydrogens (tertiary/aromatic N) is 3. The Kier molecular flexibility index (Phi) is 3.90. The van der Waals surface area contributed by atoms with Crippen molar-refractivity contribution in [3.8, 4) is 0 Å². The van der Waals surface area contributed by atoms with E-state index in [4.69, 9.17) is 0 Å². The molecule has 1 N–H and O–H groups in total. The fourth-order valence-corrected chi connectivity index (χ4v) is 2.78. The number of hydrogen-bond acceptors (Lipinski definition) is 2. The summed E-state index contributed by atoms with van der Waals surface area (Å²) >= 11 is 0. The Bertz CT molecular complexity index is 865. The molecule has 0 aliphatic rings. The molecule has 120 valence electrons. The fraction of sp³-hybridized carbons (Fsp3) is 0.294. The van der Waals surface area contributed by atoms with Crippen molar-refractivity contribution in [2.24, 2.45) is 7.05 Å². The number of aromatic amines is 1. The quantitative estimate of drug-likeness (QED) is 0.804. The van der Waals surface area contributed by atoms with Gasteiger partial charge in [-0.3, -0.25) is 9.48 Å². The highest BCUT2D eigenvalue weighted by Crippen LogP contribution is 2.24. The molecular weight excluding hydrogens is 295 g/mol. The summed E-state index contributed by atoms with van der Waals surface area (Å²) in [6, 6.07) is 4.59. The normalized spacial score (nSPS) is 11.1. The van der Waals surface area contributed by atoms with Gasteiger partial charge in [0.25, 0.3) is 0 Å². The summed E-state index contributed by atoms with van der Waals surface area (Å²) in [5, 5.41) is 4.87. The third kappa shape index (κ3) is 3.11. The van der Waals surface area contributed by atoms with Crippen molar-refractivity contribution >= 4 is 16.8 Å². The third-order valence-corrected chi connectivity index (χ3v) is 4.01. The number of halogens is 1. The second kappa shape index (κ2) is 5.87. The summed E-state index contributed by atoms with van der Waals surface area (Å²) in [4.78, 5) is 17.4. The van der Waals surface area contributed by atoms with E-state index in [1.165, 1.54) is 12.1 Å². The number of hydrogen-bond donors (Lipinski definition) is 1. The lowest BCUT2D eigenvalue weighted by Crippen LogP contribution is -2.27. The van der Waals surface area contributed by atoms with Gasteiger partial charge in [-0.1, -0.05) is 0 Å². The fourth-order valence-electron chi connectivity index (χ4n) is 2.78. The zero-order valence-corrected chi connectivity index (χ0v) is 13.4. The minimum absolute atomic E-state index is 0.0119. The number of amides is 1. The maximum Gasteiger partial charge on any atom is 0.227 e. The van der Waals surface area contributed by atoms with Crippen molar-refractivity contribution in [3.63, 3.8) is 0 Å². The molecule has 0 bridgehead atoms. The van der Waals surface area contributed by atoms with Gasteiger partial charge in [0.15, 0.2) is 0 Å². The minimum Gasteiger partial charge on any atom is -0.358 e. The Morgan fingerprint density at radius 3 is 2.91 bits per heavy atom. The molecule has 0 radical (unpaired) electrons. The number of fused-ring (bicyclic) bond motifs is 1. The molecule has 5 nitrogen and oxygen atoms in total. The number of benzene rings is 1. The van der Waals surface area contributed by atoms with E-state index in [0.29, 0.717) is 6.54 Å². The number of aryl methyl sites for hydroxylation is 2. The molecule has 23 heavy (non-hydrogen) atoms. The van der Waals surface area contributed by atoms with Gasteiger partial charge in [0.05, 0.1) is 12.6 Å². The summed E-state index contributed by atoms with van der Waals surface area (Å²) in [5.74, 6) is -0.309. The molecule has 0 aliphatic heterocycles. The lowest BCUT2D eigenvalue weighted by Gasteiger charge is -2.16. The van der Waals surface area contributed by atoms with Crippen LogP contribution in [0.3, 0.4) is 0 Å². The predicted molar refractivity (Wildman–Crippen MR) is 86.4 cm³/mol. The van der Waals surface area contributed by atoms with Crippen LogP contribution in [0.5, 0.6) is 0 Å². The summed E-state index contributed by atoms with van der Waals surface area (Å²) in [6.07, 6.45) is 3.87. The maximum atomic E-state index is 13.5. The van der Waals surface area contributed by atoms with Crippen molar-refractivity contribution < 1.29 is 9.18 Å². The monoisotopic (exact) mass is 314 g/mol. The molecule has 3 rings (SSSR count). The van der Waals surface area contributed by atoms with Crippen molar-refractivity contribution in [2.75, 3.05) is 7.05 Å². The van der Waals surface area contributed by atoms with Gasteiger partial charge in [0.1, 0.15) is 5.82 Å². The third-order valence-electron chi connectivity index (χ3n) is 4.01. The van der Waals surface area contributed by atoms with Crippen molar-refractivity contribution in [3.05, 3.63) is 53.2 Å². The molecule has 0 fully saturated rings. The SMILES string of the molecule is Cc1[nH]c2ccc(F)cc2c1CC(=O)N(C)Cc1cnn(C)c1. The van der Waals surface area contributed by atoms with E-state index in [1.54, 1.807) is 28.9 Å². The van der Waals surface area contributed by atoms with E-state index >= 15 is 0 Å². The number of likely N-dealkylation sites (N-methyl/N-ethyl adjacent to an activating group) is 1. The van der Waals surface area contributed by atoms with Crippen LogP contribution in [0.2, 0.25) is 0 Å². The van der Waals surface area contributed by atoms with Crippen LogP contribution >= 0.6 is 0 Å². The van der Waals surface area contributed by atoms with E-state index in [-0.39, 0.29) is 18.1 Å². The summed E-state index contributed by atoms with van der Waals surface area (Å²) in [7, 11) is 3.61. The van der Waals surface area contributed by atoms with E-state index in [2.05, 4.69) is 10.1 Å². The number of carbonyl (C=O) groups is 1. The molecular formula is C17H19FN4O. The van der Waals surface area contributed by atoms with Crippen molar-refractivity contribution in [1.82, 2.24) is 19.7 Å². The number of aromatic nitrogens is 3. The molecule has 0 saturated heterocycles. The minimum atomic E-state index is -0.297. The summed E-state index contributed by atoms with van der Waals surface area (Å²) in [6.45, 7) is 2.41. The second-order valence-electron chi connectivity index (χ2n) is 5.87. The first-order valence-electron chi connectivity index (χ1n) is 7.42. The van der Waals surface area contributed by atoms with Crippen molar-refractivity contribution in [2.45, 2.75) is 19.9 Å². The summed E-state index contributed by atoms with van der Waals surface area (Å²) < 4.78 is 15.2. The van der Waals surface area contributed by atoms with Gasteiger partial charge >= 0.3 is 0 Å². The molecule has 0 atom stereocenters. The molecule has 2 aromatic heterocycles. The average molecular weight is 314 g/mol. The highest BCUT2D eigenvalue weighted by atomic mass is 19.1. The van der Waals surface area contributed by atoms with Gasteiger partial charge < -0.3 is 9.88 Å². The molecule has 1 amide bonds. The Hall–Kier alpha value is -2.63. The number of H-pyrrole nitrogens is 1. The molecule has 0 spiro atoms. The molecule has 3 aromatic rings. The van der Waals surface area contributed by atoms with Gasteiger partial charge in [-0.25, -0.2) is 4.39 Å². The average Bonchev–Trinajstić information content (AvgIpc) is 3.03. The van der Waals surface area contributed by atoms with Crippen LogP contribution in [0.1, 0.15) is 16.8 Å². The van der Waals surface area contributed by atoms with Crippen LogP contribution < -0.4 is 0 Å². The van der Waals surface area contributed by atoms with Crippen LogP contribution in [0, 0.1) is 12.7 Å². The molecule has 0 aliphatic carbocycles. The maximum absolute atomic E-state index is 13.5. The largest absolute Gasteiger partial charge is 0.358 e. The Morgan fingerprint density at radius 2 is 2.22 bits per heavy atom. The van der Waals surface area contributed by atoms with Crippen LogP contribution in [-0.2, 0) is 24.8 Å². The topological polar surface area (TPSA) is 53.9 Å². The van der Waals surface area contributed by atoms with Gasteiger partial charge in [0, 0.05) is 49.0 Å². The van der Waals surface area contributed by atoms with E-state index in [9.17, 15) is 9.18 Å². The second-order valence-corrected chi connectivity index (χ2v) is 5.87. The Labute approximate surface area is 133 Å². The van der Waals surface area contributed by atoms with Gasteiger partial charge in [-0.2, -0.15) is 5.10 Å². The highest BCUT2D eigenvalue weighted by Gasteiger charge is 2.16. The van der Waals surface area contributed by atoms with Crippen LogP contribution in [-0.4, -0.2) is 32.6 Å². The summed E-state index contributed by atoms with van der Waals surface area (Å²) in [5.41, 5.74) is 3.57. The first-order chi connectivity index (χ1) is 10.9. The van der Waals surface area contributed by atoms with Crippen LogP contribution in [0.25, 0.3) is 10.9 Å². The van der Waals surface area contributed by atoms with Gasteiger partial charge in [-0.05, 0) is 30.7 Å².